The maximum absolute atomic E-state index is 8.94. The van der Waals surface area contributed by atoms with Crippen LogP contribution in [0.3, 0.4) is 0 Å². The molecule has 0 atom stereocenters. The van der Waals surface area contributed by atoms with Crippen LogP contribution in [0.25, 0.3) is 0 Å². The molecule has 0 radical (unpaired) electrons. The van der Waals surface area contributed by atoms with Crippen LogP contribution in [-0.2, 0) is 0 Å². The van der Waals surface area contributed by atoms with Gasteiger partial charge in [-0.1, -0.05) is 12.1 Å². The van der Waals surface area contributed by atoms with Crippen molar-refractivity contribution in [3.05, 3.63) is 52.6 Å². The van der Waals surface area contributed by atoms with Crippen LogP contribution in [0.4, 0.5) is 11.5 Å². The molecule has 0 unspecified atom stereocenters. The van der Waals surface area contributed by atoms with Crippen molar-refractivity contribution >= 4 is 27.4 Å². The number of anilines is 2. The number of para-hydroxylation sites is 1. The second-order valence-corrected chi connectivity index (χ2v) is 3.97. The van der Waals surface area contributed by atoms with Gasteiger partial charge in [-0.25, -0.2) is 4.98 Å². The van der Waals surface area contributed by atoms with Gasteiger partial charge in [0.1, 0.15) is 11.9 Å². The Kier molecular flexibility index (Phi) is 3.18. The topological polar surface area (TPSA) is 48.7 Å². The van der Waals surface area contributed by atoms with Gasteiger partial charge in [0.25, 0.3) is 0 Å². The monoisotopic (exact) mass is 273 g/mol. The smallest absolute Gasteiger partial charge is 0.144 e. The maximum Gasteiger partial charge on any atom is 0.144 e. The summed E-state index contributed by atoms with van der Waals surface area (Å²) in [4.78, 5) is 4.18. The normalized spacial score (nSPS) is 9.50. The molecule has 0 saturated heterocycles. The van der Waals surface area contributed by atoms with Crippen LogP contribution in [0.15, 0.2) is 47.1 Å². The first-order chi connectivity index (χ1) is 7.81. The maximum atomic E-state index is 8.94. The van der Waals surface area contributed by atoms with E-state index in [9.17, 15) is 0 Å². The first-order valence-corrected chi connectivity index (χ1v) is 5.47. The number of pyridine rings is 1. The highest BCUT2D eigenvalue weighted by Crippen LogP contribution is 2.24. The summed E-state index contributed by atoms with van der Waals surface area (Å²) in [7, 11) is 0. The lowest BCUT2D eigenvalue weighted by atomic mass is 10.2. The van der Waals surface area contributed by atoms with Crippen molar-refractivity contribution in [3.63, 3.8) is 0 Å². The first kappa shape index (κ1) is 10.7. The summed E-state index contributed by atoms with van der Waals surface area (Å²) >= 11 is 3.39. The fourth-order valence-electron chi connectivity index (χ4n) is 1.29. The van der Waals surface area contributed by atoms with Gasteiger partial charge in [-0.3, -0.25) is 0 Å². The Bertz CT molecular complexity index is 546. The van der Waals surface area contributed by atoms with Crippen molar-refractivity contribution in [3.8, 4) is 6.07 Å². The molecule has 16 heavy (non-hydrogen) atoms. The number of aromatic nitrogens is 1. The highest BCUT2D eigenvalue weighted by Gasteiger charge is 2.04. The quantitative estimate of drug-likeness (QED) is 0.912. The minimum absolute atomic E-state index is 0.597. The highest BCUT2D eigenvalue weighted by molar-refractivity contribution is 9.10. The van der Waals surface area contributed by atoms with Gasteiger partial charge in [0, 0.05) is 6.20 Å². The molecule has 4 heteroatoms. The van der Waals surface area contributed by atoms with Gasteiger partial charge in [0.15, 0.2) is 0 Å². The summed E-state index contributed by atoms with van der Waals surface area (Å²) in [5.41, 5.74) is 1.35. The number of benzene rings is 1. The van der Waals surface area contributed by atoms with Gasteiger partial charge in [-0.2, -0.15) is 5.26 Å². The molecule has 0 amide bonds. The standard InChI is InChI=1S/C12H8BrN3/c13-10-5-3-7-15-12(10)16-11-6-2-1-4-9(11)8-14/h1-7H,(H,15,16). The molecule has 1 aromatic heterocycles. The zero-order chi connectivity index (χ0) is 11.4. The Morgan fingerprint density at radius 3 is 2.75 bits per heavy atom. The van der Waals surface area contributed by atoms with E-state index in [2.05, 4.69) is 32.3 Å². The molecule has 0 aliphatic rings. The van der Waals surface area contributed by atoms with Gasteiger partial charge in [-0.05, 0) is 40.2 Å². The van der Waals surface area contributed by atoms with E-state index in [1.807, 2.05) is 30.3 Å². The summed E-state index contributed by atoms with van der Waals surface area (Å²) in [5.74, 6) is 0.699. The number of hydrogen-bond donors (Lipinski definition) is 1. The summed E-state index contributed by atoms with van der Waals surface area (Å²) in [6.45, 7) is 0. The second kappa shape index (κ2) is 4.77. The molecule has 78 valence electrons. The van der Waals surface area contributed by atoms with Crippen LogP contribution in [0, 0.1) is 11.3 Å². The summed E-state index contributed by atoms with van der Waals surface area (Å²) in [6.07, 6.45) is 1.70. The van der Waals surface area contributed by atoms with Crippen LogP contribution < -0.4 is 5.32 Å². The molecule has 2 rings (SSSR count). The zero-order valence-corrected chi connectivity index (χ0v) is 9.90. The largest absolute Gasteiger partial charge is 0.338 e. The SMILES string of the molecule is N#Cc1ccccc1Nc1ncccc1Br. The molecule has 0 spiro atoms. The van der Waals surface area contributed by atoms with E-state index in [0.29, 0.717) is 11.4 Å². The summed E-state index contributed by atoms with van der Waals surface area (Å²) in [6, 6.07) is 13.2. The third-order valence-electron chi connectivity index (χ3n) is 2.06. The van der Waals surface area contributed by atoms with E-state index in [1.165, 1.54) is 0 Å². The number of rotatable bonds is 2. The minimum atomic E-state index is 0.597. The van der Waals surface area contributed by atoms with Crippen molar-refractivity contribution in [2.45, 2.75) is 0 Å². The molecular formula is C12H8BrN3. The average Bonchev–Trinajstić information content (AvgIpc) is 2.33. The Labute approximate surface area is 102 Å². The van der Waals surface area contributed by atoms with Gasteiger partial charge >= 0.3 is 0 Å². The van der Waals surface area contributed by atoms with Crippen molar-refractivity contribution in [2.24, 2.45) is 0 Å². The Morgan fingerprint density at radius 1 is 1.19 bits per heavy atom. The van der Waals surface area contributed by atoms with Gasteiger partial charge < -0.3 is 5.32 Å². The van der Waals surface area contributed by atoms with E-state index < -0.39 is 0 Å². The predicted molar refractivity (Wildman–Crippen MR) is 66.4 cm³/mol. The number of hydrogen-bond acceptors (Lipinski definition) is 3. The molecule has 0 saturated carbocycles. The molecule has 3 nitrogen and oxygen atoms in total. The summed E-state index contributed by atoms with van der Waals surface area (Å²) in [5, 5.41) is 12.1. The average molecular weight is 274 g/mol. The molecular weight excluding hydrogens is 266 g/mol. The predicted octanol–water partition coefficient (Wildman–Crippen LogP) is 3.46. The molecule has 1 N–H and O–H groups in total. The van der Waals surface area contributed by atoms with E-state index in [4.69, 9.17) is 5.26 Å². The van der Waals surface area contributed by atoms with E-state index in [0.717, 1.165) is 10.2 Å². The minimum Gasteiger partial charge on any atom is -0.338 e. The lowest BCUT2D eigenvalue weighted by Crippen LogP contribution is -1.96. The Balaban J connectivity index is 2.35. The van der Waals surface area contributed by atoms with E-state index >= 15 is 0 Å². The van der Waals surface area contributed by atoms with Crippen LogP contribution >= 0.6 is 15.9 Å². The van der Waals surface area contributed by atoms with Crippen LogP contribution in [0.1, 0.15) is 5.56 Å². The zero-order valence-electron chi connectivity index (χ0n) is 8.31. The van der Waals surface area contributed by atoms with E-state index in [-0.39, 0.29) is 0 Å². The Hall–Kier alpha value is -1.86. The third-order valence-corrected chi connectivity index (χ3v) is 2.70. The molecule has 1 aromatic carbocycles. The van der Waals surface area contributed by atoms with Crippen molar-refractivity contribution in [1.29, 1.82) is 5.26 Å². The second-order valence-electron chi connectivity index (χ2n) is 3.12. The lowest BCUT2D eigenvalue weighted by molar-refractivity contribution is 1.29. The fourth-order valence-corrected chi connectivity index (χ4v) is 1.65. The molecule has 0 aliphatic heterocycles. The number of halogens is 1. The van der Waals surface area contributed by atoms with Crippen molar-refractivity contribution in [2.75, 3.05) is 5.32 Å². The number of nitrogens with one attached hydrogen (secondary N) is 1. The molecule has 1 heterocycles. The van der Waals surface area contributed by atoms with Gasteiger partial charge in [0.2, 0.25) is 0 Å². The third kappa shape index (κ3) is 2.20. The highest BCUT2D eigenvalue weighted by atomic mass is 79.9. The fraction of sp³-hybridized carbons (Fsp3) is 0. The molecule has 0 bridgehead atoms. The molecule has 0 fully saturated rings. The van der Waals surface area contributed by atoms with Crippen LogP contribution in [-0.4, -0.2) is 4.98 Å². The number of nitrogens with zero attached hydrogens (tertiary/aromatic N) is 2. The summed E-state index contributed by atoms with van der Waals surface area (Å²) < 4.78 is 0.864. The van der Waals surface area contributed by atoms with Crippen LogP contribution in [0.5, 0.6) is 0 Å². The van der Waals surface area contributed by atoms with E-state index in [1.54, 1.807) is 12.3 Å². The van der Waals surface area contributed by atoms with Crippen LogP contribution in [0.2, 0.25) is 0 Å². The van der Waals surface area contributed by atoms with Gasteiger partial charge in [-0.15, -0.1) is 0 Å². The number of nitriles is 1. The van der Waals surface area contributed by atoms with Crippen molar-refractivity contribution < 1.29 is 0 Å². The molecule has 0 aliphatic carbocycles. The first-order valence-electron chi connectivity index (χ1n) is 4.68. The Morgan fingerprint density at radius 2 is 2.00 bits per heavy atom. The lowest BCUT2D eigenvalue weighted by Gasteiger charge is -2.08. The van der Waals surface area contributed by atoms with Crippen molar-refractivity contribution in [1.82, 2.24) is 4.98 Å². The molecule has 2 aromatic rings. The van der Waals surface area contributed by atoms with Gasteiger partial charge in [0.05, 0.1) is 15.7 Å².